The molecule has 1 aliphatic heterocycles. The zero-order valence-corrected chi connectivity index (χ0v) is 16.3. The van der Waals surface area contributed by atoms with Crippen LogP contribution in [0.2, 0.25) is 0 Å². The van der Waals surface area contributed by atoms with Crippen molar-refractivity contribution in [2.24, 2.45) is 5.92 Å². The second-order valence-corrected chi connectivity index (χ2v) is 6.65. The Balaban J connectivity index is 1.84. The largest absolute Gasteiger partial charge is 0.383 e. The van der Waals surface area contributed by atoms with Crippen molar-refractivity contribution in [1.82, 2.24) is 9.80 Å². The molecule has 148 valence electrons. The normalized spacial score (nSPS) is 15.3. The fourth-order valence-electron chi connectivity index (χ4n) is 3.18. The van der Waals surface area contributed by atoms with Crippen LogP contribution in [-0.4, -0.2) is 75.2 Å². The van der Waals surface area contributed by atoms with Crippen LogP contribution in [-0.2, 0) is 19.1 Å². The van der Waals surface area contributed by atoms with Crippen LogP contribution in [0.4, 0.5) is 0 Å². The van der Waals surface area contributed by atoms with Crippen molar-refractivity contribution >= 4 is 17.9 Å². The molecule has 1 fully saturated rings. The quantitative estimate of drug-likeness (QED) is 0.621. The van der Waals surface area contributed by atoms with Gasteiger partial charge in [0.2, 0.25) is 11.8 Å². The molecule has 0 bridgehead atoms. The summed E-state index contributed by atoms with van der Waals surface area (Å²) < 4.78 is 10.2. The number of amides is 2. The lowest BCUT2D eigenvalue weighted by Gasteiger charge is -2.33. The molecule has 2 rings (SSSR count). The summed E-state index contributed by atoms with van der Waals surface area (Å²) in [6.07, 6.45) is 4.83. The van der Waals surface area contributed by atoms with Crippen LogP contribution in [0.25, 0.3) is 6.08 Å². The Bertz CT molecular complexity index is 602. The lowest BCUT2D eigenvalue weighted by Crippen LogP contribution is -2.45. The van der Waals surface area contributed by atoms with E-state index in [4.69, 9.17) is 9.47 Å². The van der Waals surface area contributed by atoms with Crippen molar-refractivity contribution in [3.8, 4) is 0 Å². The summed E-state index contributed by atoms with van der Waals surface area (Å²) >= 11 is 0. The van der Waals surface area contributed by atoms with Crippen molar-refractivity contribution in [2.45, 2.75) is 12.8 Å². The molecular weight excluding hydrogens is 344 g/mol. The Labute approximate surface area is 161 Å². The molecule has 0 atom stereocenters. The third-order valence-corrected chi connectivity index (χ3v) is 4.82. The molecule has 1 aliphatic rings. The lowest BCUT2D eigenvalue weighted by molar-refractivity contribution is -0.140. The van der Waals surface area contributed by atoms with E-state index in [1.807, 2.05) is 46.2 Å². The predicted molar refractivity (Wildman–Crippen MR) is 105 cm³/mol. The van der Waals surface area contributed by atoms with Gasteiger partial charge in [0.05, 0.1) is 13.2 Å². The van der Waals surface area contributed by atoms with Gasteiger partial charge in [0.25, 0.3) is 0 Å². The van der Waals surface area contributed by atoms with Crippen molar-refractivity contribution in [3.63, 3.8) is 0 Å². The first-order valence-electron chi connectivity index (χ1n) is 9.44. The molecule has 0 radical (unpaired) electrons. The van der Waals surface area contributed by atoms with Gasteiger partial charge >= 0.3 is 0 Å². The van der Waals surface area contributed by atoms with E-state index in [1.54, 1.807) is 20.3 Å². The third-order valence-electron chi connectivity index (χ3n) is 4.82. The first-order valence-corrected chi connectivity index (χ1v) is 9.44. The van der Waals surface area contributed by atoms with E-state index >= 15 is 0 Å². The van der Waals surface area contributed by atoms with E-state index in [1.165, 1.54) is 0 Å². The van der Waals surface area contributed by atoms with Gasteiger partial charge in [-0.15, -0.1) is 0 Å². The van der Waals surface area contributed by atoms with Gasteiger partial charge in [-0.3, -0.25) is 9.59 Å². The van der Waals surface area contributed by atoms with Crippen LogP contribution < -0.4 is 0 Å². The highest BCUT2D eigenvalue weighted by Gasteiger charge is 2.29. The maximum Gasteiger partial charge on any atom is 0.246 e. The SMILES string of the molecule is COCCN(CCOC)C(=O)C1CCN(C(=O)/C=C/c2ccccc2)CC1. The monoisotopic (exact) mass is 374 g/mol. The Hall–Kier alpha value is -2.18. The second-order valence-electron chi connectivity index (χ2n) is 6.65. The molecule has 1 aromatic carbocycles. The smallest absolute Gasteiger partial charge is 0.246 e. The molecule has 2 amide bonds. The highest BCUT2D eigenvalue weighted by molar-refractivity contribution is 5.92. The molecule has 0 saturated carbocycles. The predicted octanol–water partition coefficient (Wildman–Crippen LogP) is 2.06. The number of carbonyl (C=O) groups excluding carboxylic acids is 2. The Morgan fingerprint density at radius 1 is 1.07 bits per heavy atom. The third kappa shape index (κ3) is 6.81. The van der Waals surface area contributed by atoms with Gasteiger partial charge in [-0.2, -0.15) is 0 Å². The number of ether oxygens (including phenoxy) is 2. The molecule has 27 heavy (non-hydrogen) atoms. The number of piperidine rings is 1. The second kappa shape index (κ2) is 11.5. The maximum atomic E-state index is 12.8. The maximum absolute atomic E-state index is 12.8. The molecule has 6 heteroatoms. The van der Waals surface area contributed by atoms with Crippen LogP contribution in [0.15, 0.2) is 36.4 Å². The van der Waals surface area contributed by atoms with Gasteiger partial charge in [-0.25, -0.2) is 0 Å². The van der Waals surface area contributed by atoms with Gasteiger partial charge in [-0.1, -0.05) is 30.3 Å². The van der Waals surface area contributed by atoms with Gasteiger partial charge in [0, 0.05) is 52.4 Å². The van der Waals surface area contributed by atoms with E-state index in [2.05, 4.69) is 0 Å². The minimum Gasteiger partial charge on any atom is -0.383 e. The summed E-state index contributed by atoms with van der Waals surface area (Å²) in [5, 5.41) is 0. The van der Waals surface area contributed by atoms with Crippen molar-refractivity contribution < 1.29 is 19.1 Å². The van der Waals surface area contributed by atoms with E-state index in [0.29, 0.717) is 52.2 Å². The minimum absolute atomic E-state index is 0.000346. The summed E-state index contributed by atoms with van der Waals surface area (Å²) in [6.45, 7) is 3.37. The topological polar surface area (TPSA) is 59.1 Å². The summed E-state index contributed by atoms with van der Waals surface area (Å²) in [7, 11) is 3.26. The number of nitrogens with zero attached hydrogens (tertiary/aromatic N) is 2. The van der Waals surface area contributed by atoms with Crippen LogP contribution in [0.5, 0.6) is 0 Å². The summed E-state index contributed by atoms with van der Waals surface area (Å²) in [5.41, 5.74) is 1.00. The molecule has 0 N–H and O–H groups in total. The van der Waals surface area contributed by atoms with Gasteiger partial charge in [0.1, 0.15) is 0 Å². The first kappa shape index (κ1) is 21.1. The first-order chi connectivity index (χ1) is 13.2. The van der Waals surface area contributed by atoms with Crippen molar-refractivity contribution in [2.75, 3.05) is 53.6 Å². The Morgan fingerprint density at radius 2 is 1.67 bits per heavy atom. The van der Waals surface area contributed by atoms with Gasteiger partial charge in [0.15, 0.2) is 0 Å². The highest BCUT2D eigenvalue weighted by atomic mass is 16.5. The summed E-state index contributed by atoms with van der Waals surface area (Å²) in [4.78, 5) is 28.8. The zero-order valence-electron chi connectivity index (χ0n) is 16.3. The van der Waals surface area contributed by atoms with Gasteiger partial charge in [-0.05, 0) is 24.5 Å². The number of methoxy groups -OCH3 is 2. The number of rotatable bonds is 9. The van der Waals surface area contributed by atoms with Crippen molar-refractivity contribution in [1.29, 1.82) is 0 Å². The van der Waals surface area contributed by atoms with Crippen LogP contribution in [0.1, 0.15) is 18.4 Å². The molecule has 0 aliphatic carbocycles. The molecule has 1 heterocycles. The van der Waals surface area contributed by atoms with E-state index in [0.717, 1.165) is 5.56 Å². The average Bonchev–Trinajstić information content (AvgIpc) is 2.72. The van der Waals surface area contributed by atoms with E-state index in [9.17, 15) is 9.59 Å². The van der Waals surface area contributed by atoms with Gasteiger partial charge < -0.3 is 19.3 Å². The molecule has 1 saturated heterocycles. The molecule has 0 unspecified atom stereocenters. The summed E-state index contributed by atoms with van der Waals surface area (Å²) in [5.74, 6) is 0.0947. The molecule has 0 spiro atoms. The number of benzene rings is 1. The molecule has 0 aromatic heterocycles. The molecular formula is C21H30N2O4. The molecule has 6 nitrogen and oxygen atoms in total. The molecule has 1 aromatic rings. The minimum atomic E-state index is -0.0409. The fourth-order valence-corrected chi connectivity index (χ4v) is 3.18. The zero-order chi connectivity index (χ0) is 19.5. The number of hydrogen-bond acceptors (Lipinski definition) is 4. The van der Waals surface area contributed by atoms with Crippen LogP contribution in [0.3, 0.4) is 0 Å². The van der Waals surface area contributed by atoms with E-state index < -0.39 is 0 Å². The number of likely N-dealkylation sites (tertiary alicyclic amines) is 1. The van der Waals surface area contributed by atoms with Crippen LogP contribution >= 0.6 is 0 Å². The number of hydrogen-bond donors (Lipinski definition) is 0. The highest BCUT2D eigenvalue weighted by Crippen LogP contribution is 2.20. The lowest BCUT2D eigenvalue weighted by atomic mass is 9.95. The average molecular weight is 374 g/mol. The Kier molecular flexibility index (Phi) is 9.01. The number of carbonyl (C=O) groups is 2. The van der Waals surface area contributed by atoms with E-state index in [-0.39, 0.29) is 17.7 Å². The van der Waals surface area contributed by atoms with Crippen LogP contribution in [0, 0.1) is 5.92 Å². The standard InChI is InChI=1S/C21H30N2O4/c1-26-16-14-23(15-17-27-2)21(25)19-10-12-22(13-11-19)20(24)9-8-18-6-4-3-5-7-18/h3-9,19H,10-17H2,1-2H3/b9-8+. The Morgan fingerprint density at radius 3 is 2.22 bits per heavy atom. The summed E-state index contributed by atoms with van der Waals surface area (Å²) in [6, 6.07) is 9.76. The fraction of sp³-hybridized carbons (Fsp3) is 0.524. The van der Waals surface area contributed by atoms with Crippen molar-refractivity contribution in [3.05, 3.63) is 42.0 Å².